The third-order valence-corrected chi connectivity index (χ3v) is 5.30. The van der Waals surface area contributed by atoms with Crippen molar-refractivity contribution in [2.75, 3.05) is 20.3 Å². The van der Waals surface area contributed by atoms with Gasteiger partial charge in [0.05, 0.1) is 25.2 Å². The van der Waals surface area contributed by atoms with Crippen molar-refractivity contribution in [2.24, 2.45) is 5.92 Å². The van der Waals surface area contributed by atoms with E-state index in [0.29, 0.717) is 13.2 Å². The maximum atomic E-state index is 12.9. The second-order valence-electron chi connectivity index (χ2n) is 7.05. The van der Waals surface area contributed by atoms with Gasteiger partial charge < -0.3 is 19.5 Å². The Morgan fingerprint density at radius 2 is 2.07 bits per heavy atom. The molecule has 144 valence electrons. The first-order valence-electron chi connectivity index (χ1n) is 9.45. The highest BCUT2D eigenvalue weighted by molar-refractivity contribution is 5.86. The lowest BCUT2D eigenvalue weighted by atomic mass is 10.0. The summed E-state index contributed by atoms with van der Waals surface area (Å²) in [5.74, 6) is 4.14. The Balaban J connectivity index is 1.45. The second-order valence-corrected chi connectivity index (χ2v) is 7.05. The quantitative estimate of drug-likeness (QED) is 0.754. The van der Waals surface area contributed by atoms with Crippen molar-refractivity contribution in [3.63, 3.8) is 0 Å². The highest BCUT2D eigenvalue weighted by atomic mass is 16.5. The monoisotopic (exact) mass is 377 g/mol. The van der Waals surface area contributed by atoms with Gasteiger partial charge in [-0.25, -0.2) is 0 Å². The van der Waals surface area contributed by atoms with E-state index in [4.69, 9.17) is 20.6 Å². The zero-order valence-corrected chi connectivity index (χ0v) is 16.0. The van der Waals surface area contributed by atoms with Crippen molar-refractivity contribution >= 4 is 5.91 Å². The lowest BCUT2D eigenvalue weighted by molar-refractivity contribution is -0.124. The van der Waals surface area contributed by atoms with Gasteiger partial charge in [-0.05, 0) is 42.8 Å². The number of carbonyl (C=O) groups is 1. The topological polar surface area (TPSA) is 56.8 Å². The van der Waals surface area contributed by atoms with E-state index in [1.807, 2.05) is 49.4 Å². The van der Waals surface area contributed by atoms with Crippen molar-refractivity contribution in [2.45, 2.75) is 25.0 Å². The number of nitrogens with one attached hydrogen (secondary N) is 1. The molecule has 0 aromatic heterocycles. The molecule has 3 unspecified atom stereocenters. The average Bonchev–Trinajstić information content (AvgIpc) is 3.31. The largest absolute Gasteiger partial charge is 0.494 e. The Labute approximate surface area is 165 Å². The van der Waals surface area contributed by atoms with E-state index in [-0.39, 0.29) is 29.9 Å². The molecule has 0 radical (unpaired) electrons. The van der Waals surface area contributed by atoms with Gasteiger partial charge in [0.15, 0.2) is 0 Å². The van der Waals surface area contributed by atoms with Gasteiger partial charge >= 0.3 is 0 Å². The van der Waals surface area contributed by atoms with Gasteiger partial charge in [-0.15, -0.1) is 6.42 Å². The van der Waals surface area contributed by atoms with Crippen LogP contribution in [0.15, 0.2) is 42.5 Å². The molecule has 0 bridgehead atoms. The number of ether oxygens (including phenoxy) is 3. The van der Waals surface area contributed by atoms with Crippen LogP contribution in [0.2, 0.25) is 0 Å². The van der Waals surface area contributed by atoms with E-state index < -0.39 is 0 Å². The lowest BCUT2D eigenvalue weighted by Crippen LogP contribution is -2.34. The average molecular weight is 377 g/mol. The van der Waals surface area contributed by atoms with Gasteiger partial charge in [0, 0.05) is 24.2 Å². The smallest absolute Gasteiger partial charge is 0.228 e. The third-order valence-electron chi connectivity index (χ3n) is 5.30. The lowest BCUT2D eigenvalue weighted by Gasteiger charge is -2.19. The standard InChI is InChI=1S/C23H23NO4/c1-4-14-6-11-19-17(12-14)20-21(22(20)28-19)23(25)24-18(13-26-3)15-7-9-16(10-8-15)27-5-2/h1,6-12,18,20-22H,5,13H2,2-3H3,(H,24,25)/t18-,20?,21?,22?/m0/s1. The molecule has 2 aliphatic rings. The van der Waals surface area contributed by atoms with Crippen molar-refractivity contribution in [1.29, 1.82) is 0 Å². The summed E-state index contributed by atoms with van der Waals surface area (Å²) in [7, 11) is 1.63. The molecular weight excluding hydrogens is 354 g/mol. The molecule has 0 saturated heterocycles. The fourth-order valence-electron chi connectivity index (χ4n) is 3.88. The number of methoxy groups -OCH3 is 1. The SMILES string of the molecule is C#Cc1ccc2c(c1)C1C(O2)C1C(=O)N[C@@H](COC)c1ccc(OCC)cc1. The molecule has 1 saturated carbocycles. The van der Waals surface area contributed by atoms with Crippen LogP contribution < -0.4 is 14.8 Å². The van der Waals surface area contributed by atoms with Crippen LogP contribution in [0.5, 0.6) is 11.5 Å². The van der Waals surface area contributed by atoms with E-state index in [1.54, 1.807) is 7.11 Å². The van der Waals surface area contributed by atoms with Gasteiger partial charge in [0.1, 0.15) is 17.6 Å². The van der Waals surface area contributed by atoms with Gasteiger partial charge in [-0.3, -0.25) is 4.79 Å². The molecule has 1 aliphatic heterocycles. The second kappa shape index (κ2) is 7.57. The number of terminal acetylenes is 1. The zero-order valence-electron chi connectivity index (χ0n) is 16.0. The summed E-state index contributed by atoms with van der Waals surface area (Å²) in [6.45, 7) is 2.95. The first-order chi connectivity index (χ1) is 13.7. The van der Waals surface area contributed by atoms with Crippen molar-refractivity contribution in [3.05, 3.63) is 59.2 Å². The number of hydrogen-bond acceptors (Lipinski definition) is 4. The first-order valence-corrected chi connectivity index (χ1v) is 9.45. The molecule has 0 spiro atoms. The first kappa shape index (κ1) is 18.4. The Bertz CT molecular complexity index is 915. The molecule has 1 heterocycles. The molecule has 1 amide bonds. The number of fused-ring (bicyclic) bond motifs is 3. The van der Waals surface area contributed by atoms with Crippen LogP contribution in [0.1, 0.15) is 35.6 Å². The molecular formula is C23H23NO4. The van der Waals surface area contributed by atoms with E-state index in [1.165, 1.54) is 0 Å². The molecule has 1 aliphatic carbocycles. The maximum absolute atomic E-state index is 12.9. The fourth-order valence-corrected chi connectivity index (χ4v) is 3.88. The number of carbonyl (C=O) groups excluding carboxylic acids is 1. The van der Waals surface area contributed by atoms with Gasteiger partial charge in [-0.2, -0.15) is 0 Å². The van der Waals surface area contributed by atoms with Gasteiger partial charge in [0.25, 0.3) is 0 Å². The minimum atomic E-state index is -0.231. The van der Waals surface area contributed by atoms with Crippen LogP contribution in [0.25, 0.3) is 0 Å². The van der Waals surface area contributed by atoms with Crippen LogP contribution in [0.4, 0.5) is 0 Å². The van der Waals surface area contributed by atoms with E-state index in [0.717, 1.165) is 28.2 Å². The van der Waals surface area contributed by atoms with Crippen molar-refractivity contribution in [3.8, 4) is 23.8 Å². The number of hydrogen-bond donors (Lipinski definition) is 1. The minimum Gasteiger partial charge on any atom is -0.494 e. The Hall–Kier alpha value is -2.97. The predicted octanol–water partition coefficient (Wildman–Crippen LogP) is 3.04. The maximum Gasteiger partial charge on any atom is 0.228 e. The van der Waals surface area contributed by atoms with Crippen LogP contribution in [-0.4, -0.2) is 32.3 Å². The number of amides is 1. The highest BCUT2D eigenvalue weighted by Crippen LogP contribution is 2.58. The summed E-state index contributed by atoms with van der Waals surface area (Å²) >= 11 is 0. The van der Waals surface area contributed by atoms with Crippen LogP contribution in [0.3, 0.4) is 0 Å². The summed E-state index contributed by atoms with van der Waals surface area (Å²) in [4.78, 5) is 12.9. The normalized spacial score (nSPS) is 22.2. The summed E-state index contributed by atoms with van der Waals surface area (Å²) in [6.07, 6.45) is 5.39. The zero-order chi connectivity index (χ0) is 19.7. The van der Waals surface area contributed by atoms with Gasteiger partial charge in [0.2, 0.25) is 5.91 Å². The molecule has 4 atom stereocenters. The van der Waals surface area contributed by atoms with E-state index >= 15 is 0 Å². The molecule has 4 rings (SSSR count). The van der Waals surface area contributed by atoms with E-state index in [9.17, 15) is 4.79 Å². The molecule has 1 fully saturated rings. The van der Waals surface area contributed by atoms with Crippen molar-refractivity contribution < 1.29 is 19.0 Å². The minimum absolute atomic E-state index is 0.0253. The Morgan fingerprint density at radius 1 is 1.29 bits per heavy atom. The molecule has 1 N–H and O–H groups in total. The fraction of sp³-hybridized carbons (Fsp3) is 0.348. The summed E-state index contributed by atoms with van der Waals surface area (Å²) < 4.78 is 16.7. The molecule has 2 aromatic rings. The van der Waals surface area contributed by atoms with E-state index in [2.05, 4.69) is 11.2 Å². The van der Waals surface area contributed by atoms with Gasteiger partial charge in [-0.1, -0.05) is 18.1 Å². The molecule has 28 heavy (non-hydrogen) atoms. The highest BCUT2D eigenvalue weighted by Gasteiger charge is 2.62. The number of rotatable bonds is 7. The molecule has 5 heteroatoms. The third kappa shape index (κ3) is 3.32. The van der Waals surface area contributed by atoms with Crippen molar-refractivity contribution in [1.82, 2.24) is 5.32 Å². The Kier molecular flexibility index (Phi) is 4.97. The Morgan fingerprint density at radius 3 is 2.75 bits per heavy atom. The predicted molar refractivity (Wildman–Crippen MR) is 105 cm³/mol. The number of benzene rings is 2. The molecule has 2 aromatic carbocycles. The summed E-state index contributed by atoms with van der Waals surface area (Å²) in [5.41, 5.74) is 2.81. The van der Waals surface area contributed by atoms with Crippen LogP contribution in [-0.2, 0) is 9.53 Å². The van der Waals surface area contributed by atoms with Crippen LogP contribution >= 0.6 is 0 Å². The summed E-state index contributed by atoms with van der Waals surface area (Å²) in [6, 6.07) is 13.2. The molecule has 5 nitrogen and oxygen atoms in total. The van der Waals surface area contributed by atoms with Crippen LogP contribution in [0, 0.1) is 18.3 Å². The summed E-state index contributed by atoms with van der Waals surface area (Å²) in [5, 5.41) is 3.11.